The van der Waals surface area contributed by atoms with E-state index < -0.39 is 6.04 Å². The van der Waals surface area contributed by atoms with Crippen LogP contribution < -0.4 is 20.3 Å². The first-order valence-electron chi connectivity index (χ1n) is 9.67. The second-order valence-electron chi connectivity index (χ2n) is 6.89. The minimum atomic E-state index is -0.573. The molecule has 0 aliphatic heterocycles. The molecule has 3 aromatic rings. The van der Waals surface area contributed by atoms with E-state index in [9.17, 15) is 9.59 Å². The minimum Gasteiger partial charge on any atom is -0.497 e. The smallest absolute Gasteiger partial charge is 0.253 e. The van der Waals surface area contributed by atoms with E-state index in [-0.39, 0.29) is 11.5 Å². The van der Waals surface area contributed by atoms with Gasteiger partial charge in [0.2, 0.25) is 0 Å². The molecular formula is C22H26N4O5. The van der Waals surface area contributed by atoms with E-state index in [4.69, 9.17) is 14.2 Å². The summed E-state index contributed by atoms with van der Waals surface area (Å²) in [6.45, 7) is 0.719. The van der Waals surface area contributed by atoms with Crippen molar-refractivity contribution in [3.63, 3.8) is 0 Å². The van der Waals surface area contributed by atoms with Gasteiger partial charge in [-0.25, -0.2) is 4.98 Å². The van der Waals surface area contributed by atoms with Crippen molar-refractivity contribution < 1.29 is 19.0 Å². The van der Waals surface area contributed by atoms with Gasteiger partial charge in [0, 0.05) is 51.4 Å². The zero-order valence-electron chi connectivity index (χ0n) is 18.0. The second kappa shape index (κ2) is 9.94. The van der Waals surface area contributed by atoms with Crippen LogP contribution in [0.1, 0.15) is 27.8 Å². The van der Waals surface area contributed by atoms with Gasteiger partial charge in [-0.05, 0) is 23.8 Å². The molecule has 31 heavy (non-hydrogen) atoms. The number of hydrogen-bond acceptors (Lipinski definition) is 6. The zero-order valence-corrected chi connectivity index (χ0v) is 18.0. The van der Waals surface area contributed by atoms with E-state index >= 15 is 0 Å². The van der Waals surface area contributed by atoms with Gasteiger partial charge in [-0.3, -0.25) is 9.59 Å². The Kier molecular flexibility index (Phi) is 7.09. The minimum absolute atomic E-state index is 0.202. The van der Waals surface area contributed by atoms with Crippen LogP contribution in [-0.2, 0) is 18.3 Å². The van der Waals surface area contributed by atoms with Crippen molar-refractivity contribution in [2.75, 3.05) is 27.9 Å². The maximum Gasteiger partial charge on any atom is 0.253 e. The van der Waals surface area contributed by atoms with Gasteiger partial charge in [0.25, 0.3) is 11.5 Å². The van der Waals surface area contributed by atoms with Crippen molar-refractivity contribution in [1.29, 1.82) is 0 Å². The van der Waals surface area contributed by atoms with Gasteiger partial charge < -0.3 is 28.7 Å². The molecule has 1 aromatic carbocycles. The van der Waals surface area contributed by atoms with Crippen LogP contribution in [0.5, 0.6) is 11.5 Å². The number of aryl methyl sites for hydroxylation is 1. The number of pyridine rings is 1. The molecule has 0 fully saturated rings. The molecule has 2 heterocycles. The average molecular weight is 426 g/mol. The molecule has 3 rings (SSSR count). The summed E-state index contributed by atoms with van der Waals surface area (Å²) in [5.74, 6) is 1.48. The lowest BCUT2D eigenvalue weighted by molar-refractivity contribution is 0.0939. The highest BCUT2D eigenvalue weighted by atomic mass is 16.5. The molecule has 0 radical (unpaired) electrons. The third kappa shape index (κ3) is 5.13. The number of methoxy groups -OCH3 is 3. The first-order chi connectivity index (χ1) is 15.0. The molecule has 164 valence electrons. The number of aromatic nitrogens is 3. The monoisotopic (exact) mass is 426 g/mol. The average Bonchev–Trinajstić information content (AvgIpc) is 3.21. The summed E-state index contributed by atoms with van der Waals surface area (Å²) >= 11 is 0. The van der Waals surface area contributed by atoms with Crippen molar-refractivity contribution in [2.45, 2.75) is 12.6 Å². The third-order valence-electron chi connectivity index (χ3n) is 4.88. The lowest BCUT2D eigenvalue weighted by atomic mass is 10.0. The molecule has 0 bridgehead atoms. The number of carbonyl (C=O) groups excluding carboxylic acids is 1. The molecule has 1 atom stereocenters. The maximum absolute atomic E-state index is 13.1. The van der Waals surface area contributed by atoms with Gasteiger partial charge in [-0.2, -0.15) is 0 Å². The molecule has 0 aliphatic carbocycles. The molecule has 9 heteroatoms. The SMILES string of the molecule is COCCn1cc(C(=O)NC(c2cc(OC)cc(OC)c2)c2nccn2C)ccc1=O. The van der Waals surface area contributed by atoms with Crippen LogP contribution in [0.25, 0.3) is 0 Å². The van der Waals surface area contributed by atoms with Gasteiger partial charge >= 0.3 is 0 Å². The van der Waals surface area contributed by atoms with Crippen LogP contribution in [0.4, 0.5) is 0 Å². The largest absolute Gasteiger partial charge is 0.497 e. The van der Waals surface area contributed by atoms with Gasteiger partial charge in [0.05, 0.1) is 26.4 Å². The predicted molar refractivity (Wildman–Crippen MR) is 115 cm³/mol. The number of carbonyl (C=O) groups is 1. The molecule has 2 aromatic heterocycles. The van der Waals surface area contributed by atoms with Crippen LogP contribution in [0, 0.1) is 0 Å². The lowest BCUT2D eigenvalue weighted by Crippen LogP contribution is -2.32. The molecule has 1 N–H and O–H groups in total. The van der Waals surface area contributed by atoms with Gasteiger partial charge in [0.15, 0.2) is 0 Å². The van der Waals surface area contributed by atoms with E-state index in [1.54, 1.807) is 39.8 Å². The molecule has 0 saturated carbocycles. The fraction of sp³-hybridized carbons (Fsp3) is 0.318. The van der Waals surface area contributed by atoms with Crippen molar-refractivity contribution in [3.8, 4) is 11.5 Å². The number of benzene rings is 1. The molecule has 0 aliphatic rings. The van der Waals surface area contributed by atoms with Crippen LogP contribution >= 0.6 is 0 Å². The highest BCUT2D eigenvalue weighted by Gasteiger charge is 2.23. The van der Waals surface area contributed by atoms with E-state index in [2.05, 4.69) is 10.3 Å². The Morgan fingerprint density at radius 1 is 1.13 bits per heavy atom. The molecule has 9 nitrogen and oxygen atoms in total. The topological polar surface area (TPSA) is 96.6 Å². The Morgan fingerprint density at radius 3 is 2.42 bits per heavy atom. The van der Waals surface area contributed by atoms with Crippen LogP contribution in [0.2, 0.25) is 0 Å². The maximum atomic E-state index is 13.1. The summed E-state index contributed by atoms with van der Waals surface area (Å²) in [7, 11) is 6.54. The number of imidazole rings is 1. The number of nitrogens with one attached hydrogen (secondary N) is 1. The van der Waals surface area contributed by atoms with E-state index in [1.165, 1.54) is 22.9 Å². The summed E-state index contributed by atoms with van der Waals surface area (Å²) in [6.07, 6.45) is 4.99. The Bertz CT molecular complexity index is 1080. The Labute approximate surface area is 180 Å². The first kappa shape index (κ1) is 22.1. The van der Waals surface area contributed by atoms with Crippen molar-refractivity contribution in [2.24, 2.45) is 7.05 Å². The fourth-order valence-electron chi connectivity index (χ4n) is 3.19. The number of nitrogens with zero attached hydrogens (tertiary/aromatic N) is 3. The Morgan fingerprint density at radius 2 is 1.84 bits per heavy atom. The summed E-state index contributed by atoms with van der Waals surface area (Å²) in [5, 5.41) is 3.02. The number of rotatable bonds is 9. The quantitative estimate of drug-likeness (QED) is 0.560. The first-order valence-corrected chi connectivity index (χ1v) is 9.67. The predicted octanol–water partition coefficient (Wildman–Crippen LogP) is 1.76. The highest BCUT2D eigenvalue weighted by molar-refractivity contribution is 5.94. The molecule has 0 spiro atoms. The molecule has 0 saturated heterocycles. The fourth-order valence-corrected chi connectivity index (χ4v) is 3.19. The number of amides is 1. The van der Waals surface area contributed by atoms with Crippen molar-refractivity contribution in [1.82, 2.24) is 19.4 Å². The van der Waals surface area contributed by atoms with Gasteiger partial charge in [-0.1, -0.05) is 0 Å². The van der Waals surface area contributed by atoms with E-state index in [1.807, 2.05) is 23.7 Å². The summed E-state index contributed by atoms with van der Waals surface area (Å²) < 4.78 is 19.1. The lowest BCUT2D eigenvalue weighted by Gasteiger charge is -2.21. The zero-order chi connectivity index (χ0) is 22.4. The molecule has 1 unspecified atom stereocenters. The number of ether oxygens (including phenoxy) is 3. The molecule has 1 amide bonds. The summed E-state index contributed by atoms with van der Waals surface area (Å²) in [6, 6.07) is 7.70. The van der Waals surface area contributed by atoms with Crippen molar-refractivity contribution in [3.05, 3.63) is 76.2 Å². The normalized spacial score (nSPS) is 11.7. The van der Waals surface area contributed by atoms with Gasteiger partial charge in [-0.15, -0.1) is 0 Å². The Hall–Kier alpha value is -3.59. The van der Waals surface area contributed by atoms with E-state index in [0.29, 0.717) is 36.0 Å². The van der Waals surface area contributed by atoms with Crippen LogP contribution in [-0.4, -0.2) is 48.0 Å². The van der Waals surface area contributed by atoms with Crippen molar-refractivity contribution >= 4 is 5.91 Å². The standard InChI is InChI=1S/C22H26N4O5/c1-25-8-7-23-21(25)20(16-11-17(30-3)13-18(12-16)31-4)24-22(28)15-5-6-19(27)26(14-15)9-10-29-2/h5-8,11-14,20H,9-10H2,1-4H3,(H,24,28). The molecular weight excluding hydrogens is 400 g/mol. The third-order valence-corrected chi connectivity index (χ3v) is 4.88. The second-order valence-corrected chi connectivity index (χ2v) is 6.89. The summed E-state index contributed by atoms with van der Waals surface area (Å²) in [4.78, 5) is 29.6. The number of hydrogen-bond donors (Lipinski definition) is 1. The van der Waals surface area contributed by atoms with E-state index in [0.717, 1.165) is 5.56 Å². The van der Waals surface area contributed by atoms with Crippen LogP contribution in [0.15, 0.2) is 53.7 Å². The van der Waals surface area contributed by atoms with Crippen LogP contribution in [0.3, 0.4) is 0 Å². The summed E-state index contributed by atoms with van der Waals surface area (Å²) in [5.41, 5.74) is 0.892. The Balaban J connectivity index is 1.98. The van der Waals surface area contributed by atoms with Gasteiger partial charge in [0.1, 0.15) is 23.4 Å². The highest BCUT2D eigenvalue weighted by Crippen LogP contribution is 2.29.